The van der Waals surface area contributed by atoms with Crippen molar-refractivity contribution in [3.05, 3.63) is 23.9 Å². The number of nitrogens with zero attached hydrogens (tertiary/aromatic N) is 2. The lowest BCUT2D eigenvalue weighted by atomic mass is 9.96. The zero-order chi connectivity index (χ0) is 17.5. The summed E-state index contributed by atoms with van der Waals surface area (Å²) in [6, 6.07) is 4.34. The minimum absolute atomic E-state index is 0.256. The van der Waals surface area contributed by atoms with E-state index in [9.17, 15) is 22.8 Å². The van der Waals surface area contributed by atoms with Crippen LogP contribution in [0.2, 0.25) is 0 Å². The Morgan fingerprint density at radius 3 is 2.50 bits per heavy atom. The second-order valence-corrected chi connectivity index (χ2v) is 6.15. The average Bonchev–Trinajstić information content (AvgIpc) is 3.23. The van der Waals surface area contributed by atoms with Crippen LogP contribution in [0.5, 0.6) is 0 Å². The van der Waals surface area contributed by atoms with Crippen molar-refractivity contribution in [2.45, 2.75) is 24.9 Å². The molecule has 3 rings (SSSR count). The van der Waals surface area contributed by atoms with Crippen LogP contribution in [-0.4, -0.2) is 46.3 Å². The van der Waals surface area contributed by atoms with Crippen molar-refractivity contribution in [2.75, 3.05) is 18.4 Å². The molecule has 2 fully saturated rings. The number of anilines is 1. The third kappa shape index (κ3) is 3.44. The first-order valence-corrected chi connectivity index (χ1v) is 7.58. The first kappa shape index (κ1) is 16.5. The molecule has 2 aliphatic rings. The molecule has 1 saturated carbocycles. The Morgan fingerprint density at radius 1 is 1.25 bits per heavy atom. The lowest BCUT2D eigenvalue weighted by molar-refractivity contribution is -0.187. The van der Waals surface area contributed by atoms with Gasteiger partial charge in [-0.2, -0.15) is 13.2 Å². The highest BCUT2D eigenvalue weighted by molar-refractivity contribution is 5.89. The van der Waals surface area contributed by atoms with Gasteiger partial charge >= 0.3 is 18.2 Å². The summed E-state index contributed by atoms with van der Waals surface area (Å²) in [6.45, 7) is -1.15. The number of hydrogen-bond donors (Lipinski definition) is 2. The van der Waals surface area contributed by atoms with Gasteiger partial charge in [0, 0.05) is 24.7 Å². The van der Waals surface area contributed by atoms with Crippen molar-refractivity contribution in [3.8, 4) is 0 Å². The third-order valence-electron chi connectivity index (χ3n) is 4.35. The zero-order valence-electron chi connectivity index (χ0n) is 12.6. The molecule has 2 N–H and O–H groups in total. The van der Waals surface area contributed by atoms with Crippen molar-refractivity contribution in [1.82, 2.24) is 9.88 Å². The van der Waals surface area contributed by atoms with Crippen LogP contribution in [0, 0.1) is 11.8 Å². The lowest BCUT2D eigenvalue weighted by Gasteiger charge is -2.18. The second-order valence-electron chi connectivity index (χ2n) is 6.15. The molecule has 130 valence electrons. The van der Waals surface area contributed by atoms with Crippen LogP contribution in [0.1, 0.15) is 24.5 Å². The second kappa shape index (κ2) is 5.95. The maximum absolute atomic E-state index is 12.9. The summed E-state index contributed by atoms with van der Waals surface area (Å²) in [6.07, 6.45) is -2.60. The van der Waals surface area contributed by atoms with Crippen molar-refractivity contribution >= 4 is 17.8 Å². The fourth-order valence-corrected chi connectivity index (χ4v) is 2.87. The van der Waals surface area contributed by atoms with Gasteiger partial charge < -0.3 is 10.0 Å². The molecule has 1 aliphatic carbocycles. The van der Waals surface area contributed by atoms with E-state index in [1.165, 1.54) is 0 Å². The van der Waals surface area contributed by atoms with Crippen LogP contribution in [0.15, 0.2) is 18.2 Å². The number of carboxylic acid groups (broad SMARTS) is 1. The summed E-state index contributed by atoms with van der Waals surface area (Å²) in [7, 11) is 0. The Morgan fingerprint density at radius 2 is 1.96 bits per heavy atom. The fraction of sp³-hybridized carbons (Fsp3) is 0.533. The molecule has 1 saturated heterocycles. The van der Waals surface area contributed by atoms with E-state index in [-0.39, 0.29) is 5.82 Å². The van der Waals surface area contributed by atoms with E-state index in [1.807, 2.05) is 6.07 Å². The first-order valence-electron chi connectivity index (χ1n) is 7.58. The van der Waals surface area contributed by atoms with Gasteiger partial charge in [0.15, 0.2) is 0 Å². The molecule has 1 aromatic heterocycles. The van der Waals surface area contributed by atoms with Crippen molar-refractivity contribution in [2.24, 2.45) is 11.8 Å². The maximum Gasteiger partial charge on any atom is 0.394 e. The van der Waals surface area contributed by atoms with Gasteiger partial charge in [-0.25, -0.2) is 9.78 Å². The molecule has 6 nitrogen and oxygen atoms in total. The summed E-state index contributed by atoms with van der Waals surface area (Å²) in [4.78, 5) is 28.4. The number of alkyl halides is 3. The summed E-state index contributed by atoms with van der Waals surface area (Å²) in [5, 5.41) is 11.4. The smallest absolute Gasteiger partial charge is 0.394 e. The highest BCUT2D eigenvalue weighted by atomic mass is 19.4. The number of halogens is 3. The molecule has 0 bridgehead atoms. The lowest BCUT2D eigenvalue weighted by Crippen LogP contribution is -2.35. The molecular weight excluding hydrogens is 327 g/mol. The van der Waals surface area contributed by atoms with Gasteiger partial charge in [-0.1, -0.05) is 6.07 Å². The number of carbonyl (C=O) groups is 2. The normalized spacial score (nSPS) is 24.0. The average molecular weight is 343 g/mol. The predicted octanol–water partition coefficient (Wildman–Crippen LogP) is 2.69. The molecule has 0 radical (unpaired) electrons. The van der Waals surface area contributed by atoms with Gasteiger partial charge in [0.1, 0.15) is 5.82 Å². The highest BCUT2D eigenvalue weighted by Crippen LogP contribution is 2.39. The number of aliphatic carboxylic acids is 1. The van der Waals surface area contributed by atoms with E-state index in [0.29, 0.717) is 5.92 Å². The molecule has 1 aromatic rings. The van der Waals surface area contributed by atoms with Crippen LogP contribution in [0.25, 0.3) is 0 Å². The van der Waals surface area contributed by atoms with Crippen LogP contribution in [-0.2, 0) is 4.79 Å². The topological polar surface area (TPSA) is 82.5 Å². The summed E-state index contributed by atoms with van der Waals surface area (Å²) in [5.74, 6) is -4.64. The van der Waals surface area contributed by atoms with E-state index in [4.69, 9.17) is 5.11 Å². The van der Waals surface area contributed by atoms with Gasteiger partial charge in [0.05, 0.1) is 11.8 Å². The number of carbonyl (C=O) groups excluding carboxylic acids is 1. The van der Waals surface area contributed by atoms with Crippen molar-refractivity contribution < 1.29 is 27.9 Å². The number of likely N-dealkylation sites (tertiary alicyclic amines) is 1. The summed E-state index contributed by atoms with van der Waals surface area (Å²) < 4.78 is 38.8. The van der Waals surface area contributed by atoms with E-state index in [1.54, 1.807) is 12.1 Å². The number of rotatable bonds is 3. The SMILES string of the molecule is O=C(O)[C@@H]1CN(C(=O)Nc2cccc(C3CC3)n2)C[C@H]1C(F)(F)F. The Balaban J connectivity index is 1.69. The van der Waals surface area contributed by atoms with E-state index in [0.717, 1.165) is 23.4 Å². The number of carboxylic acids is 1. The van der Waals surface area contributed by atoms with Gasteiger partial charge in [0.2, 0.25) is 0 Å². The van der Waals surface area contributed by atoms with Gasteiger partial charge in [0.25, 0.3) is 0 Å². The van der Waals surface area contributed by atoms with Crippen molar-refractivity contribution in [1.29, 1.82) is 0 Å². The van der Waals surface area contributed by atoms with Crippen LogP contribution in [0.4, 0.5) is 23.8 Å². The number of aromatic nitrogens is 1. The minimum Gasteiger partial charge on any atom is -0.481 e. The molecule has 0 spiro atoms. The van der Waals surface area contributed by atoms with Crippen LogP contribution in [0.3, 0.4) is 0 Å². The first-order chi connectivity index (χ1) is 11.3. The number of hydrogen-bond acceptors (Lipinski definition) is 3. The molecule has 0 unspecified atom stereocenters. The van der Waals surface area contributed by atoms with Crippen LogP contribution >= 0.6 is 0 Å². The maximum atomic E-state index is 12.9. The molecule has 2 amide bonds. The highest BCUT2D eigenvalue weighted by Gasteiger charge is 2.53. The number of urea groups is 1. The fourth-order valence-electron chi connectivity index (χ4n) is 2.87. The predicted molar refractivity (Wildman–Crippen MR) is 77.5 cm³/mol. The number of amides is 2. The minimum atomic E-state index is -4.66. The summed E-state index contributed by atoms with van der Waals surface area (Å²) in [5.41, 5.74) is 0.839. The van der Waals surface area contributed by atoms with Gasteiger partial charge in [-0.05, 0) is 25.0 Å². The van der Waals surface area contributed by atoms with Gasteiger partial charge in [-0.3, -0.25) is 10.1 Å². The molecule has 0 aromatic carbocycles. The molecular formula is C15H16F3N3O3. The van der Waals surface area contributed by atoms with E-state index < -0.39 is 43.1 Å². The third-order valence-corrected chi connectivity index (χ3v) is 4.35. The van der Waals surface area contributed by atoms with Gasteiger partial charge in [-0.15, -0.1) is 0 Å². The number of pyridine rings is 1. The summed E-state index contributed by atoms with van der Waals surface area (Å²) >= 11 is 0. The molecule has 9 heteroatoms. The zero-order valence-corrected chi connectivity index (χ0v) is 12.6. The Kier molecular flexibility index (Phi) is 4.10. The number of nitrogens with one attached hydrogen (secondary N) is 1. The quantitative estimate of drug-likeness (QED) is 0.884. The monoisotopic (exact) mass is 343 g/mol. The Bertz CT molecular complexity index is 661. The molecule has 2 heterocycles. The Labute approximate surface area is 135 Å². The van der Waals surface area contributed by atoms with Crippen LogP contribution < -0.4 is 5.32 Å². The molecule has 2 atom stereocenters. The Hall–Kier alpha value is -2.32. The van der Waals surface area contributed by atoms with E-state index in [2.05, 4.69) is 10.3 Å². The molecule has 1 aliphatic heterocycles. The van der Waals surface area contributed by atoms with E-state index >= 15 is 0 Å². The largest absolute Gasteiger partial charge is 0.481 e. The molecule has 24 heavy (non-hydrogen) atoms. The standard InChI is InChI=1S/C15H16F3N3O3/c16-15(17,18)10-7-21(6-9(10)13(22)23)14(24)20-12-3-1-2-11(19-12)8-4-5-8/h1-3,8-10H,4-7H2,(H,22,23)(H,19,20,24)/t9-,10-/m1/s1. The van der Waals surface area contributed by atoms with Crippen molar-refractivity contribution in [3.63, 3.8) is 0 Å².